The van der Waals surface area contributed by atoms with Crippen molar-refractivity contribution in [2.24, 2.45) is 5.73 Å². The highest BCUT2D eigenvalue weighted by Gasteiger charge is 2.27. The quantitative estimate of drug-likeness (QED) is 0.844. The van der Waals surface area contributed by atoms with Gasteiger partial charge in [0.25, 0.3) is 5.91 Å². The van der Waals surface area contributed by atoms with Gasteiger partial charge in [-0.1, -0.05) is 51.5 Å². The van der Waals surface area contributed by atoms with E-state index >= 15 is 0 Å². The SMILES string of the molecule is CCCc1c(C(=O)N2CCC(N)CC2)nnn1-c1ccc(C(C)(C)C)cc1.Cl. The molecule has 0 unspecified atom stereocenters. The molecule has 28 heavy (non-hydrogen) atoms. The van der Waals surface area contributed by atoms with Gasteiger partial charge in [0.15, 0.2) is 5.69 Å². The number of carbonyl (C=O) groups excluding carboxylic acids is 1. The van der Waals surface area contributed by atoms with Crippen molar-refractivity contribution < 1.29 is 4.79 Å². The zero-order valence-electron chi connectivity index (χ0n) is 17.3. The maximum Gasteiger partial charge on any atom is 0.276 e. The van der Waals surface area contributed by atoms with E-state index in [0.717, 1.165) is 37.1 Å². The van der Waals surface area contributed by atoms with E-state index in [1.165, 1.54) is 5.56 Å². The lowest BCUT2D eigenvalue weighted by Crippen LogP contribution is -2.43. The fraction of sp³-hybridized carbons (Fsp3) is 0.571. The Balaban J connectivity index is 0.00000280. The van der Waals surface area contributed by atoms with Gasteiger partial charge < -0.3 is 10.6 Å². The van der Waals surface area contributed by atoms with Crippen LogP contribution in [-0.2, 0) is 11.8 Å². The van der Waals surface area contributed by atoms with Crippen LogP contribution >= 0.6 is 12.4 Å². The molecule has 2 heterocycles. The predicted octanol–water partition coefficient (Wildman–Crippen LogP) is 3.50. The summed E-state index contributed by atoms with van der Waals surface area (Å²) in [5.41, 5.74) is 9.65. The number of likely N-dealkylation sites (tertiary alicyclic amines) is 1. The van der Waals surface area contributed by atoms with Gasteiger partial charge in [-0.25, -0.2) is 4.68 Å². The van der Waals surface area contributed by atoms with Crippen LogP contribution in [0.4, 0.5) is 0 Å². The van der Waals surface area contributed by atoms with E-state index in [0.29, 0.717) is 18.8 Å². The molecule has 1 saturated heterocycles. The second-order valence-electron chi connectivity index (χ2n) is 8.47. The van der Waals surface area contributed by atoms with Crippen LogP contribution in [0, 0.1) is 0 Å². The number of hydrogen-bond acceptors (Lipinski definition) is 4. The van der Waals surface area contributed by atoms with Gasteiger partial charge in [-0.05, 0) is 42.4 Å². The van der Waals surface area contributed by atoms with Gasteiger partial charge in [0.1, 0.15) is 0 Å². The molecule has 1 fully saturated rings. The Labute approximate surface area is 173 Å². The highest BCUT2D eigenvalue weighted by molar-refractivity contribution is 5.93. The molecule has 1 aliphatic heterocycles. The van der Waals surface area contributed by atoms with Gasteiger partial charge in [0.2, 0.25) is 0 Å². The number of nitrogens with zero attached hydrogens (tertiary/aromatic N) is 4. The average molecular weight is 406 g/mol. The molecule has 2 N–H and O–H groups in total. The van der Waals surface area contributed by atoms with Crippen molar-refractivity contribution >= 4 is 18.3 Å². The molecule has 0 bridgehead atoms. The summed E-state index contributed by atoms with van der Waals surface area (Å²) in [6, 6.07) is 8.56. The van der Waals surface area contributed by atoms with E-state index in [9.17, 15) is 4.79 Å². The minimum Gasteiger partial charge on any atom is -0.337 e. The molecule has 154 valence electrons. The first-order valence-electron chi connectivity index (χ1n) is 9.91. The zero-order chi connectivity index (χ0) is 19.6. The third-order valence-corrected chi connectivity index (χ3v) is 5.26. The van der Waals surface area contributed by atoms with E-state index in [1.54, 1.807) is 0 Å². The van der Waals surface area contributed by atoms with Crippen LogP contribution in [0.1, 0.15) is 68.7 Å². The van der Waals surface area contributed by atoms with Crippen molar-refractivity contribution in [1.29, 1.82) is 0 Å². The van der Waals surface area contributed by atoms with Crippen molar-refractivity contribution in [3.05, 3.63) is 41.2 Å². The van der Waals surface area contributed by atoms with Gasteiger partial charge in [0, 0.05) is 19.1 Å². The van der Waals surface area contributed by atoms with Crippen molar-refractivity contribution in [3.8, 4) is 5.69 Å². The fourth-order valence-corrected chi connectivity index (χ4v) is 3.49. The van der Waals surface area contributed by atoms with E-state index in [1.807, 2.05) is 9.58 Å². The maximum absolute atomic E-state index is 13.0. The molecule has 0 aliphatic carbocycles. The zero-order valence-corrected chi connectivity index (χ0v) is 18.1. The Hall–Kier alpha value is -1.92. The molecule has 1 aromatic carbocycles. The maximum atomic E-state index is 13.0. The standard InChI is InChI=1S/C21H31N5O.ClH/c1-5-6-18-19(20(27)25-13-11-16(22)12-14-25)23-24-26(18)17-9-7-15(8-10-17)21(2,3)4;/h7-10,16H,5-6,11-14,22H2,1-4H3;1H. The van der Waals surface area contributed by atoms with Crippen LogP contribution in [0.5, 0.6) is 0 Å². The van der Waals surface area contributed by atoms with Crippen molar-refractivity contribution in [2.45, 2.75) is 64.8 Å². The van der Waals surface area contributed by atoms with Crippen LogP contribution in [0.3, 0.4) is 0 Å². The first kappa shape index (κ1) is 22.4. The number of aromatic nitrogens is 3. The lowest BCUT2D eigenvalue weighted by atomic mass is 9.87. The molecule has 0 spiro atoms. The number of hydrogen-bond donors (Lipinski definition) is 1. The van der Waals surface area contributed by atoms with Crippen LogP contribution < -0.4 is 5.73 Å². The van der Waals surface area contributed by atoms with Crippen LogP contribution in [0.15, 0.2) is 24.3 Å². The number of piperidine rings is 1. The second kappa shape index (κ2) is 9.05. The molecule has 1 amide bonds. The number of nitrogens with two attached hydrogens (primary N) is 1. The summed E-state index contributed by atoms with van der Waals surface area (Å²) in [5, 5.41) is 8.59. The Bertz CT molecular complexity index is 786. The normalized spacial score (nSPS) is 15.4. The number of halogens is 1. The Kier molecular flexibility index (Phi) is 7.23. The summed E-state index contributed by atoms with van der Waals surface area (Å²) in [7, 11) is 0. The van der Waals surface area contributed by atoms with Crippen LogP contribution in [0.2, 0.25) is 0 Å². The molecule has 2 aromatic rings. The predicted molar refractivity (Wildman–Crippen MR) is 114 cm³/mol. The molecule has 0 radical (unpaired) electrons. The number of benzene rings is 1. The molecular formula is C21H32ClN5O. The molecule has 3 rings (SSSR count). The van der Waals surface area contributed by atoms with Crippen LogP contribution in [0.25, 0.3) is 5.69 Å². The monoisotopic (exact) mass is 405 g/mol. The average Bonchev–Trinajstić information content (AvgIpc) is 3.05. The summed E-state index contributed by atoms with van der Waals surface area (Å²) in [4.78, 5) is 14.9. The van der Waals surface area contributed by atoms with Gasteiger partial charge in [-0.15, -0.1) is 17.5 Å². The second-order valence-corrected chi connectivity index (χ2v) is 8.47. The Morgan fingerprint density at radius 1 is 1.18 bits per heavy atom. The molecule has 1 aromatic heterocycles. The van der Waals surface area contributed by atoms with Gasteiger partial charge in [-0.3, -0.25) is 4.79 Å². The summed E-state index contributed by atoms with van der Waals surface area (Å²) in [6.07, 6.45) is 3.38. The number of amides is 1. The molecular weight excluding hydrogens is 374 g/mol. The highest BCUT2D eigenvalue weighted by Crippen LogP contribution is 2.24. The van der Waals surface area contributed by atoms with E-state index < -0.39 is 0 Å². The third kappa shape index (κ3) is 4.73. The number of rotatable bonds is 4. The topological polar surface area (TPSA) is 77.0 Å². The van der Waals surface area contributed by atoms with Crippen molar-refractivity contribution in [3.63, 3.8) is 0 Å². The minimum atomic E-state index is -0.0251. The van der Waals surface area contributed by atoms with Crippen molar-refractivity contribution in [2.75, 3.05) is 13.1 Å². The lowest BCUT2D eigenvalue weighted by Gasteiger charge is -2.29. The first-order chi connectivity index (χ1) is 12.8. The molecule has 0 atom stereocenters. The van der Waals surface area contributed by atoms with E-state index in [2.05, 4.69) is 62.3 Å². The molecule has 7 heteroatoms. The lowest BCUT2D eigenvalue weighted by molar-refractivity contribution is 0.0707. The van der Waals surface area contributed by atoms with Gasteiger partial charge >= 0.3 is 0 Å². The summed E-state index contributed by atoms with van der Waals surface area (Å²) in [5.74, 6) is -0.0251. The number of carbonyl (C=O) groups is 1. The Morgan fingerprint density at radius 3 is 2.32 bits per heavy atom. The summed E-state index contributed by atoms with van der Waals surface area (Å²) >= 11 is 0. The molecule has 6 nitrogen and oxygen atoms in total. The minimum absolute atomic E-state index is 0. The fourth-order valence-electron chi connectivity index (χ4n) is 3.49. The Morgan fingerprint density at radius 2 is 1.79 bits per heavy atom. The smallest absolute Gasteiger partial charge is 0.276 e. The summed E-state index contributed by atoms with van der Waals surface area (Å²) < 4.78 is 1.82. The van der Waals surface area contributed by atoms with Gasteiger partial charge in [-0.2, -0.15) is 0 Å². The van der Waals surface area contributed by atoms with E-state index in [4.69, 9.17) is 5.73 Å². The first-order valence-corrected chi connectivity index (χ1v) is 9.91. The summed E-state index contributed by atoms with van der Waals surface area (Å²) in [6.45, 7) is 10.1. The van der Waals surface area contributed by atoms with E-state index in [-0.39, 0.29) is 29.8 Å². The van der Waals surface area contributed by atoms with Crippen LogP contribution in [-0.4, -0.2) is 44.9 Å². The van der Waals surface area contributed by atoms with Crippen molar-refractivity contribution in [1.82, 2.24) is 19.9 Å². The largest absolute Gasteiger partial charge is 0.337 e. The third-order valence-electron chi connectivity index (χ3n) is 5.26. The highest BCUT2D eigenvalue weighted by atomic mass is 35.5. The van der Waals surface area contributed by atoms with Gasteiger partial charge in [0.05, 0.1) is 11.4 Å². The molecule has 1 aliphatic rings. The molecule has 0 saturated carbocycles.